The first-order valence-electron chi connectivity index (χ1n) is 10.2. The Morgan fingerprint density at radius 1 is 1.00 bits per heavy atom. The molecule has 28 heavy (non-hydrogen) atoms. The summed E-state index contributed by atoms with van der Waals surface area (Å²) in [7, 11) is 0. The van der Waals surface area contributed by atoms with Gasteiger partial charge in [-0.3, -0.25) is 14.5 Å². The lowest BCUT2D eigenvalue weighted by Crippen LogP contribution is -2.51. The molecule has 0 aliphatic heterocycles. The molecule has 0 aromatic heterocycles. The highest BCUT2D eigenvalue weighted by Crippen LogP contribution is 2.13. The molecular weight excluding hydrogens is 354 g/mol. The smallest absolute Gasteiger partial charge is 0.251 e. The van der Waals surface area contributed by atoms with E-state index in [2.05, 4.69) is 43.2 Å². The molecule has 2 N–H and O–H groups in total. The fourth-order valence-electron chi connectivity index (χ4n) is 3.16. The lowest BCUT2D eigenvalue weighted by atomic mass is 10.0. The topological polar surface area (TPSA) is 70.7 Å². The van der Waals surface area contributed by atoms with E-state index in [1.54, 1.807) is 24.3 Å². The molecule has 0 bridgehead atoms. The van der Waals surface area contributed by atoms with E-state index in [0.29, 0.717) is 30.8 Å². The van der Waals surface area contributed by atoms with Crippen LogP contribution in [-0.4, -0.2) is 54.5 Å². The monoisotopic (exact) mass is 391 g/mol. The summed E-state index contributed by atoms with van der Waals surface area (Å²) < 4.78 is 5.40. The highest BCUT2D eigenvalue weighted by molar-refractivity contribution is 5.97. The number of amides is 2. The van der Waals surface area contributed by atoms with E-state index in [1.165, 1.54) is 0 Å². The Hall–Kier alpha value is -2.08. The van der Waals surface area contributed by atoms with E-state index in [9.17, 15) is 9.59 Å². The van der Waals surface area contributed by atoms with Gasteiger partial charge in [-0.05, 0) is 64.8 Å². The SMILES string of the molecule is CCOc1ccc(C(=O)N[C@H](C(=O)NCCN(C(C)C)C(C)C)C(C)C)cc1. The third-order valence-electron chi connectivity index (χ3n) is 4.66. The number of carbonyl (C=O) groups is 2. The van der Waals surface area contributed by atoms with Crippen molar-refractivity contribution in [2.75, 3.05) is 19.7 Å². The molecule has 0 spiro atoms. The zero-order chi connectivity index (χ0) is 21.3. The summed E-state index contributed by atoms with van der Waals surface area (Å²) in [6, 6.07) is 7.18. The van der Waals surface area contributed by atoms with Crippen molar-refractivity contribution in [3.05, 3.63) is 29.8 Å². The third-order valence-corrected chi connectivity index (χ3v) is 4.66. The Kier molecular flexibility index (Phi) is 10.0. The summed E-state index contributed by atoms with van der Waals surface area (Å²) >= 11 is 0. The normalized spacial score (nSPS) is 12.5. The van der Waals surface area contributed by atoms with Crippen LogP contribution in [-0.2, 0) is 4.79 Å². The van der Waals surface area contributed by atoms with Crippen molar-refractivity contribution in [3.63, 3.8) is 0 Å². The minimum Gasteiger partial charge on any atom is -0.494 e. The number of benzene rings is 1. The Labute approximate surface area is 170 Å². The molecule has 1 atom stereocenters. The van der Waals surface area contributed by atoms with E-state index in [4.69, 9.17) is 4.74 Å². The average Bonchev–Trinajstić information content (AvgIpc) is 2.62. The van der Waals surface area contributed by atoms with Gasteiger partial charge in [0, 0.05) is 30.7 Å². The van der Waals surface area contributed by atoms with Crippen LogP contribution in [0.1, 0.15) is 58.8 Å². The maximum atomic E-state index is 12.6. The summed E-state index contributed by atoms with van der Waals surface area (Å²) in [5.74, 6) is 0.291. The number of nitrogens with one attached hydrogen (secondary N) is 2. The van der Waals surface area contributed by atoms with Crippen LogP contribution < -0.4 is 15.4 Å². The first kappa shape index (κ1) is 24.0. The van der Waals surface area contributed by atoms with Gasteiger partial charge in [-0.2, -0.15) is 0 Å². The molecule has 0 heterocycles. The number of carbonyl (C=O) groups excluding carboxylic acids is 2. The first-order chi connectivity index (χ1) is 13.2. The quantitative estimate of drug-likeness (QED) is 0.608. The second-order valence-corrected chi connectivity index (χ2v) is 7.87. The molecule has 6 nitrogen and oxygen atoms in total. The Morgan fingerprint density at radius 2 is 1.57 bits per heavy atom. The number of rotatable bonds is 11. The van der Waals surface area contributed by atoms with Gasteiger partial charge < -0.3 is 15.4 Å². The van der Waals surface area contributed by atoms with Gasteiger partial charge in [-0.25, -0.2) is 0 Å². The molecule has 2 amide bonds. The summed E-state index contributed by atoms with van der Waals surface area (Å²) in [5, 5.41) is 5.83. The van der Waals surface area contributed by atoms with Crippen molar-refractivity contribution < 1.29 is 14.3 Å². The average molecular weight is 392 g/mol. The predicted octanol–water partition coefficient (Wildman–Crippen LogP) is 3.07. The predicted molar refractivity (Wildman–Crippen MR) is 114 cm³/mol. The van der Waals surface area contributed by atoms with Crippen LogP contribution in [0, 0.1) is 5.92 Å². The zero-order valence-corrected chi connectivity index (χ0v) is 18.4. The Bertz CT molecular complexity index is 604. The van der Waals surface area contributed by atoms with Gasteiger partial charge in [-0.15, -0.1) is 0 Å². The maximum absolute atomic E-state index is 12.6. The van der Waals surface area contributed by atoms with E-state index >= 15 is 0 Å². The van der Waals surface area contributed by atoms with Gasteiger partial charge in [-0.1, -0.05) is 13.8 Å². The molecule has 0 radical (unpaired) electrons. The molecule has 1 rings (SSSR count). The van der Waals surface area contributed by atoms with Gasteiger partial charge in [0.05, 0.1) is 6.61 Å². The van der Waals surface area contributed by atoms with Gasteiger partial charge in [0.25, 0.3) is 5.91 Å². The minimum absolute atomic E-state index is 0.0158. The molecule has 0 saturated carbocycles. The largest absolute Gasteiger partial charge is 0.494 e. The summed E-state index contributed by atoms with van der Waals surface area (Å²) in [6.07, 6.45) is 0. The second-order valence-electron chi connectivity index (χ2n) is 7.87. The van der Waals surface area contributed by atoms with Crippen molar-refractivity contribution in [1.29, 1.82) is 0 Å². The maximum Gasteiger partial charge on any atom is 0.251 e. The Morgan fingerprint density at radius 3 is 2.04 bits per heavy atom. The fourth-order valence-corrected chi connectivity index (χ4v) is 3.16. The molecule has 0 fully saturated rings. The number of ether oxygens (including phenoxy) is 1. The third kappa shape index (κ3) is 7.50. The van der Waals surface area contributed by atoms with E-state index in [0.717, 1.165) is 12.3 Å². The number of nitrogens with zero attached hydrogens (tertiary/aromatic N) is 1. The molecule has 0 aliphatic carbocycles. The molecule has 0 unspecified atom stereocenters. The highest BCUT2D eigenvalue weighted by atomic mass is 16.5. The van der Waals surface area contributed by atoms with Crippen LogP contribution in [0.25, 0.3) is 0 Å². The molecule has 6 heteroatoms. The summed E-state index contributed by atoms with van der Waals surface area (Å²) in [4.78, 5) is 27.5. The highest BCUT2D eigenvalue weighted by Gasteiger charge is 2.25. The van der Waals surface area contributed by atoms with Gasteiger partial charge in [0.15, 0.2) is 0 Å². The van der Waals surface area contributed by atoms with Crippen molar-refractivity contribution in [2.24, 2.45) is 5.92 Å². The van der Waals surface area contributed by atoms with E-state index < -0.39 is 6.04 Å². The molecule has 158 valence electrons. The molecule has 0 saturated heterocycles. The lowest BCUT2D eigenvalue weighted by Gasteiger charge is -2.31. The van der Waals surface area contributed by atoms with E-state index in [-0.39, 0.29) is 17.7 Å². The van der Waals surface area contributed by atoms with Crippen LogP contribution >= 0.6 is 0 Å². The second kappa shape index (κ2) is 11.7. The standard InChI is InChI=1S/C22H37N3O3/c1-8-28-19-11-9-18(10-12-19)21(26)24-20(15(2)3)22(27)23-13-14-25(16(4)5)17(6)7/h9-12,15-17,20H,8,13-14H2,1-7H3,(H,23,27)(H,24,26)/t20-/m0/s1. The summed E-state index contributed by atoms with van der Waals surface area (Å²) in [6.45, 7) is 16.3. The van der Waals surface area contributed by atoms with Crippen LogP contribution in [0.3, 0.4) is 0 Å². The lowest BCUT2D eigenvalue weighted by molar-refractivity contribution is -0.124. The minimum atomic E-state index is -0.578. The molecular formula is C22H37N3O3. The Balaban J connectivity index is 2.66. The number of hydrogen-bond acceptors (Lipinski definition) is 4. The first-order valence-corrected chi connectivity index (χ1v) is 10.2. The van der Waals surface area contributed by atoms with E-state index in [1.807, 2.05) is 20.8 Å². The fraction of sp³-hybridized carbons (Fsp3) is 0.636. The van der Waals surface area contributed by atoms with Crippen molar-refractivity contribution in [1.82, 2.24) is 15.5 Å². The zero-order valence-electron chi connectivity index (χ0n) is 18.4. The molecule has 1 aromatic rings. The summed E-state index contributed by atoms with van der Waals surface area (Å²) in [5.41, 5.74) is 0.507. The molecule has 0 aliphatic rings. The van der Waals surface area contributed by atoms with Crippen LogP contribution in [0.4, 0.5) is 0 Å². The van der Waals surface area contributed by atoms with Crippen LogP contribution in [0.2, 0.25) is 0 Å². The van der Waals surface area contributed by atoms with Gasteiger partial charge in [0.1, 0.15) is 11.8 Å². The molecule has 1 aromatic carbocycles. The van der Waals surface area contributed by atoms with Crippen molar-refractivity contribution in [3.8, 4) is 5.75 Å². The number of hydrogen-bond donors (Lipinski definition) is 2. The van der Waals surface area contributed by atoms with Crippen LogP contribution in [0.15, 0.2) is 24.3 Å². The van der Waals surface area contributed by atoms with Gasteiger partial charge >= 0.3 is 0 Å². The van der Waals surface area contributed by atoms with Crippen molar-refractivity contribution in [2.45, 2.75) is 66.6 Å². The van der Waals surface area contributed by atoms with Gasteiger partial charge in [0.2, 0.25) is 5.91 Å². The van der Waals surface area contributed by atoms with Crippen molar-refractivity contribution >= 4 is 11.8 Å². The van der Waals surface area contributed by atoms with Crippen LogP contribution in [0.5, 0.6) is 5.75 Å².